The molecular weight excluding hydrogens is 236 g/mol. The fourth-order valence-corrected chi connectivity index (χ4v) is 3.57. The van der Waals surface area contributed by atoms with Crippen molar-refractivity contribution < 1.29 is 9.47 Å². The topological polar surface area (TPSA) is 57.4 Å². The fourth-order valence-electron chi connectivity index (χ4n) is 2.86. The second-order valence-electron chi connectivity index (χ2n) is 5.02. The molecule has 2 aliphatic rings. The number of nitrogens with zero attached hydrogens (tertiary/aromatic N) is 1. The summed E-state index contributed by atoms with van der Waals surface area (Å²) in [6.07, 6.45) is 4.97. The van der Waals surface area contributed by atoms with Crippen molar-refractivity contribution in [1.29, 1.82) is 0 Å². The Hall–Kier alpha value is -0.490. The van der Waals surface area contributed by atoms with Crippen molar-refractivity contribution in [2.24, 2.45) is 11.7 Å². The van der Waals surface area contributed by atoms with E-state index in [2.05, 4.69) is 4.98 Å². The summed E-state index contributed by atoms with van der Waals surface area (Å²) in [7, 11) is 0. The molecule has 3 atom stereocenters. The van der Waals surface area contributed by atoms with E-state index in [9.17, 15) is 0 Å². The summed E-state index contributed by atoms with van der Waals surface area (Å²) < 4.78 is 11.4. The molecule has 5 heteroatoms. The van der Waals surface area contributed by atoms with Gasteiger partial charge in [0.1, 0.15) is 0 Å². The number of aromatic nitrogens is 1. The molecule has 1 aromatic heterocycles. The van der Waals surface area contributed by atoms with Crippen LogP contribution in [0, 0.1) is 5.92 Å². The van der Waals surface area contributed by atoms with Crippen LogP contribution in [-0.4, -0.2) is 30.4 Å². The van der Waals surface area contributed by atoms with Crippen LogP contribution in [0.25, 0.3) is 0 Å². The van der Waals surface area contributed by atoms with Gasteiger partial charge in [-0.2, -0.15) is 0 Å². The van der Waals surface area contributed by atoms with Crippen molar-refractivity contribution in [2.45, 2.75) is 30.9 Å². The van der Waals surface area contributed by atoms with Gasteiger partial charge in [-0.05, 0) is 18.8 Å². The summed E-state index contributed by atoms with van der Waals surface area (Å²) in [5.41, 5.74) is 8.14. The molecule has 94 valence electrons. The number of ether oxygens (including phenoxy) is 2. The van der Waals surface area contributed by atoms with Crippen molar-refractivity contribution in [1.82, 2.24) is 4.98 Å². The molecule has 0 aliphatic carbocycles. The Morgan fingerprint density at radius 2 is 2.47 bits per heavy atom. The molecule has 3 heterocycles. The molecule has 3 rings (SSSR count). The molecular formula is C12H18N2O2S. The van der Waals surface area contributed by atoms with Crippen molar-refractivity contribution in [3.8, 4) is 0 Å². The zero-order valence-corrected chi connectivity index (χ0v) is 10.6. The molecule has 2 N–H and O–H groups in total. The van der Waals surface area contributed by atoms with E-state index in [0.717, 1.165) is 39.1 Å². The predicted octanol–water partition coefficient (Wildman–Crippen LogP) is 1.73. The first kappa shape index (κ1) is 11.6. The average Bonchev–Trinajstić information content (AvgIpc) is 3.00. The number of hydrogen-bond donors (Lipinski definition) is 1. The fraction of sp³-hybridized carbons (Fsp3) is 0.750. The molecule has 1 spiro atoms. The Labute approximate surface area is 105 Å². The molecule has 0 radical (unpaired) electrons. The smallest absolute Gasteiger partial charge is 0.0940 e. The Morgan fingerprint density at radius 1 is 1.53 bits per heavy atom. The van der Waals surface area contributed by atoms with E-state index in [0.29, 0.717) is 5.92 Å². The lowest BCUT2D eigenvalue weighted by Crippen LogP contribution is -2.43. The molecule has 3 unspecified atom stereocenters. The van der Waals surface area contributed by atoms with Gasteiger partial charge in [-0.1, -0.05) is 0 Å². The van der Waals surface area contributed by atoms with E-state index in [-0.39, 0.29) is 11.6 Å². The molecule has 2 saturated heterocycles. The zero-order chi connectivity index (χ0) is 11.7. The van der Waals surface area contributed by atoms with Gasteiger partial charge in [-0.3, -0.25) is 4.98 Å². The Bertz CT molecular complexity index is 363. The van der Waals surface area contributed by atoms with Gasteiger partial charge >= 0.3 is 0 Å². The standard InChI is InChI=1S/C12H18N2O2S/c13-11(10-6-14-8-17-10)9-1-3-16-12(5-9)2-4-15-7-12/h6,8-9,11H,1-5,7,13H2. The first-order valence-electron chi connectivity index (χ1n) is 6.15. The molecule has 2 aliphatic heterocycles. The van der Waals surface area contributed by atoms with Crippen molar-refractivity contribution in [2.75, 3.05) is 19.8 Å². The highest BCUT2D eigenvalue weighted by atomic mass is 32.1. The monoisotopic (exact) mass is 254 g/mol. The van der Waals surface area contributed by atoms with Crippen LogP contribution in [0.4, 0.5) is 0 Å². The van der Waals surface area contributed by atoms with Gasteiger partial charge in [0.05, 0.1) is 17.7 Å². The summed E-state index contributed by atoms with van der Waals surface area (Å²) in [4.78, 5) is 5.30. The highest BCUT2D eigenvalue weighted by Crippen LogP contribution is 2.40. The van der Waals surface area contributed by atoms with Gasteiger partial charge in [0, 0.05) is 36.8 Å². The maximum absolute atomic E-state index is 6.34. The van der Waals surface area contributed by atoms with Crippen LogP contribution in [0.5, 0.6) is 0 Å². The second kappa shape index (κ2) is 4.65. The van der Waals surface area contributed by atoms with Gasteiger partial charge < -0.3 is 15.2 Å². The van der Waals surface area contributed by atoms with Crippen molar-refractivity contribution >= 4 is 11.3 Å². The SMILES string of the molecule is NC(c1cncs1)C1CCOC2(CCOC2)C1. The highest BCUT2D eigenvalue weighted by molar-refractivity contribution is 7.09. The van der Waals surface area contributed by atoms with Crippen molar-refractivity contribution in [3.63, 3.8) is 0 Å². The van der Waals surface area contributed by atoms with E-state index in [4.69, 9.17) is 15.2 Å². The normalized spacial score (nSPS) is 35.2. The molecule has 17 heavy (non-hydrogen) atoms. The van der Waals surface area contributed by atoms with Gasteiger partial charge in [-0.25, -0.2) is 0 Å². The Balaban J connectivity index is 1.71. The quantitative estimate of drug-likeness (QED) is 0.873. The minimum Gasteiger partial charge on any atom is -0.378 e. The van der Waals surface area contributed by atoms with Crippen LogP contribution in [-0.2, 0) is 9.47 Å². The first-order valence-corrected chi connectivity index (χ1v) is 7.03. The van der Waals surface area contributed by atoms with Crippen LogP contribution in [0.2, 0.25) is 0 Å². The largest absolute Gasteiger partial charge is 0.378 e. The summed E-state index contributed by atoms with van der Waals surface area (Å²) in [5.74, 6) is 0.492. The van der Waals surface area contributed by atoms with E-state index >= 15 is 0 Å². The predicted molar refractivity (Wildman–Crippen MR) is 65.9 cm³/mol. The molecule has 0 saturated carbocycles. The van der Waals surface area contributed by atoms with E-state index in [1.807, 2.05) is 11.7 Å². The number of rotatable bonds is 2. The van der Waals surface area contributed by atoms with E-state index in [1.165, 1.54) is 4.88 Å². The molecule has 4 nitrogen and oxygen atoms in total. The van der Waals surface area contributed by atoms with Gasteiger partial charge in [0.25, 0.3) is 0 Å². The van der Waals surface area contributed by atoms with Crippen LogP contribution in [0.3, 0.4) is 0 Å². The third-order valence-electron chi connectivity index (χ3n) is 3.89. The number of hydrogen-bond acceptors (Lipinski definition) is 5. The van der Waals surface area contributed by atoms with E-state index < -0.39 is 0 Å². The second-order valence-corrected chi connectivity index (χ2v) is 5.93. The molecule has 0 amide bonds. The number of nitrogens with two attached hydrogens (primary N) is 1. The van der Waals surface area contributed by atoms with Gasteiger partial charge in [0.15, 0.2) is 0 Å². The lowest BCUT2D eigenvalue weighted by molar-refractivity contribution is -0.101. The van der Waals surface area contributed by atoms with Crippen molar-refractivity contribution in [3.05, 3.63) is 16.6 Å². The molecule has 0 aromatic carbocycles. The van der Waals surface area contributed by atoms with Gasteiger partial charge in [-0.15, -0.1) is 11.3 Å². The summed E-state index contributed by atoms with van der Waals surface area (Å²) >= 11 is 1.65. The van der Waals surface area contributed by atoms with Crippen LogP contribution in [0.1, 0.15) is 30.2 Å². The maximum atomic E-state index is 6.34. The van der Waals surface area contributed by atoms with Crippen LogP contribution in [0.15, 0.2) is 11.7 Å². The average molecular weight is 254 g/mol. The minimum absolute atomic E-state index is 0.0504. The molecule has 1 aromatic rings. The summed E-state index contributed by atoms with van der Waals surface area (Å²) in [6.45, 7) is 2.36. The molecule has 2 fully saturated rings. The zero-order valence-electron chi connectivity index (χ0n) is 9.80. The number of thiazole rings is 1. The van der Waals surface area contributed by atoms with E-state index in [1.54, 1.807) is 11.3 Å². The lowest BCUT2D eigenvalue weighted by Gasteiger charge is -2.39. The van der Waals surface area contributed by atoms with Gasteiger partial charge in [0.2, 0.25) is 0 Å². The highest BCUT2D eigenvalue weighted by Gasteiger charge is 2.42. The van der Waals surface area contributed by atoms with Crippen LogP contribution >= 0.6 is 11.3 Å². The molecule has 0 bridgehead atoms. The maximum Gasteiger partial charge on any atom is 0.0940 e. The minimum atomic E-state index is -0.0504. The lowest BCUT2D eigenvalue weighted by atomic mass is 9.81. The first-order chi connectivity index (χ1) is 8.29. The summed E-state index contributed by atoms with van der Waals surface area (Å²) in [6, 6.07) is 0.101. The third kappa shape index (κ3) is 2.25. The Kier molecular flexibility index (Phi) is 3.17. The Morgan fingerprint density at radius 3 is 3.18 bits per heavy atom. The van der Waals surface area contributed by atoms with Crippen LogP contribution < -0.4 is 5.73 Å². The third-order valence-corrected chi connectivity index (χ3v) is 4.76. The summed E-state index contributed by atoms with van der Waals surface area (Å²) in [5, 5.41) is 0.